The van der Waals surface area contributed by atoms with Gasteiger partial charge in [-0.2, -0.15) is 4.90 Å². The predicted octanol–water partition coefficient (Wildman–Crippen LogP) is -0.428. The average molecular weight is 59.0 g/mol. The van der Waals surface area contributed by atoms with Gasteiger partial charge in [0.25, 0.3) is 6.72 Å². The fraction of sp³-hybridized carbons (Fsp3) is 0. The second kappa shape index (κ2) is 0.711. The van der Waals surface area contributed by atoms with Gasteiger partial charge in [0.05, 0.1) is 0 Å². The summed E-state index contributed by atoms with van der Waals surface area (Å²) in [6.45, 7) is 3.83. The number of rotatable bonds is 0. The highest BCUT2D eigenvalue weighted by Gasteiger charge is 1.32. The van der Waals surface area contributed by atoms with Crippen LogP contribution in [-0.2, 0) is 0 Å². The van der Waals surface area contributed by atoms with Gasteiger partial charge < -0.3 is 10.4 Å². The third kappa shape index (κ3) is 0.174. The molecule has 4 heavy (non-hydrogen) atoms. The van der Waals surface area contributed by atoms with Crippen molar-refractivity contribution in [1.29, 1.82) is 0 Å². The van der Waals surface area contributed by atoms with E-state index in [4.69, 9.17) is 10.4 Å². The second-order valence-corrected chi connectivity index (χ2v) is 0.285. The maximum absolute atomic E-state index is 8.58. The first-order chi connectivity index (χ1) is 1.73. The van der Waals surface area contributed by atoms with E-state index in [1.807, 2.05) is 0 Å². The lowest BCUT2D eigenvalue weighted by Gasteiger charge is -1.93. The van der Waals surface area contributed by atoms with E-state index in [0.717, 1.165) is 0 Å². The highest BCUT2D eigenvalue weighted by Crippen LogP contribution is 1.41. The molecule has 23 valence electrons. The third-order valence-electron chi connectivity index (χ3n) is 0. The van der Waals surface area contributed by atoms with E-state index in [9.17, 15) is 0 Å². The van der Waals surface area contributed by atoms with Crippen LogP contribution in [0.1, 0.15) is 0 Å². The Morgan fingerprint density at radius 1 is 1.50 bits per heavy atom. The molecule has 0 aromatic carbocycles. The summed E-state index contributed by atoms with van der Waals surface area (Å²) in [6.07, 6.45) is 0. The van der Waals surface area contributed by atoms with Gasteiger partial charge in [-0.05, 0) is 0 Å². The minimum Gasteiger partial charge on any atom is -0.612 e. The number of hydrogen-bond acceptors (Lipinski definition) is 2. The van der Waals surface area contributed by atoms with Crippen molar-refractivity contribution in [3.8, 4) is 0 Å². The summed E-state index contributed by atoms with van der Waals surface area (Å²) in [5.74, 6) is 0. The summed E-state index contributed by atoms with van der Waals surface area (Å²) in [7, 11) is 0. The van der Waals surface area contributed by atoms with Crippen LogP contribution in [0.3, 0.4) is 0 Å². The molecule has 0 aromatic heterocycles. The van der Waals surface area contributed by atoms with Crippen molar-refractivity contribution in [2.45, 2.75) is 0 Å². The van der Waals surface area contributed by atoms with Crippen LogP contribution >= 0.6 is 0 Å². The summed E-state index contributed by atoms with van der Waals surface area (Å²) in [5, 5.41) is 17.2. The van der Waals surface area contributed by atoms with E-state index in [0.29, 0.717) is 0 Å². The topological polar surface area (TPSA) is 49.1 Å². The molecule has 0 atom stereocenters. The number of hydrogen-bond donors (Lipinski definition) is 0. The van der Waals surface area contributed by atoms with Gasteiger partial charge in [-0.15, -0.1) is 0 Å². The first-order valence-corrected chi connectivity index (χ1v) is 0.623. The lowest BCUT2D eigenvalue weighted by Crippen LogP contribution is -1.78. The first-order valence-electron chi connectivity index (χ1n) is 0.623. The molecule has 0 heterocycles. The molecular formula is CHNO2-. The number of nitrogens with zero attached hydrogens (tertiary/aromatic N) is 1. The molecule has 0 aliphatic heterocycles. The highest BCUT2D eigenvalue weighted by molar-refractivity contribution is 5.14. The Bertz CT molecular complexity index is 29.0. The molecule has 1 radical (unpaired) electrons. The quantitative estimate of drug-likeness (QED) is 0.216. The van der Waals surface area contributed by atoms with E-state index in [2.05, 4.69) is 6.72 Å². The van der Waals surface area contributed by atoms with Gasteiger partial charge in [0.2, 0.25) is 0 Å². The zero-order valence-corrected chi connectivity index (χ0v) is 1.84. The first kappa shape index (κ1) is 3.27. The Morgan fingerprint density at radius 3 is 1.50 bits per heavy atom. The molecule has 3 nitrogen and oxygen atoms in total. The summed E-state index contributed by atoms with van der Waals surface area (Å²) in [6, 6.07) is 0. The van der Waals surface area contributed by atoms with Gasteiger partial charge in [0.15, 0.2) is 0 Å². The second-order valence-electron chi connectivity index (χ2n) is 0.285. The molecule has 0 rings (SSSR count). The minimum atomic E-state index is -1.00. The van der Waals surface area contributed by atoms with Crippen molar-refractivity contribution in [2.24, 2.45) is 0 Å². The molecule has 0 bridgehead atoms. The summed E-state index contributed by atoms with van der Waals surface area (Å²) < 4.78 is 0. The Hall–Kier alpha value is -0.730. The van der Waals surface area contributed by atoms with Crippen molar-refractivity contribution >= 4 is 6.72 Å². The maximum Gasteiger partial charge on any atom is 0.252 e. The van der Waals surface area contributed by atoms with Crippen LogP contribution < -0.4 is 0 Å². The summed E-state index contributed by atoms with van der Waals surface area (Å²) in [5.41, 5.74) is 0. The molecule has 0 fully saturated rings. The fourth-order valence-corrected chi connectivity index (χ4v) is 0. The van der Waals surface area contributed by atoms with E-state index < -0.39 is 4.90 Å². The minimum absolute atomic E-state index is 1.00. The molecular weight excluding hydrogens is 58.0 g/mol. The van der Waals surface area contributed by atoms with Crippen LogP contribution in [0.2, 0.25) is 0 Å². The zero-order valence-electron chi connectivity index (χ0n) is 1.84. The van der Waals surface area contributed by atoms with Crippen molar-refractivity contribution in [3.63, 3.8) is 0 Å². The van der Waals surface area contributed by atoms with Crippen molar-refractivity contribution in [2.75, 3.05) is 0 Å². The van der Waals surface area contributed by atoms with Crippen LogP contribution in [-0.4, -0.2) is 11.6 Å². The standard InChI is InChI=1S/CHNO2/c1-2(3)4/h1H/q-1. The predicted molar refractivity (Wildman–Crippen MR) is 13.1 cm³/mol. The van der Waals surface area contributed by atoms with E-state index in [1.165, 1.54) is 0 Å². The maximum atomic E-state index is 8.58. The summed E-state index contributed by atoms with van der Waals surface area (Å²) in [4.78, 5) is -1.00. The Kier molecular flexibility index (Phi) is 0.581. The third-order valence-corrected chi connectivity index (χ3v) is 0. The van der Waals surface area contributed by atoms with E-state index in [1.54, 1.807) is 0 Å². The lowest BCUT2D eigenvalue weighted by molar-refractivity contribution is -0.368. The molecule has 0 saturated carbocycles. The molecule has 0 saturated heterocycles. The van der Waals surface area contributed by atoms with Crippen molar-refractivity contribution in [3.05, 3.63) is 10.4 Å². The normalized spacial score (nSPS) is 6.00. The van der Waals surface area contributed by atoms with Gasteiger partial charge in [0.1, 0.15) is 0 Å². The average Bonchev–Trinajstić information content (AvgIpc) is 0.811. The molecule has 0 spiro atoms. The molecule has 0 amide bonds. The van der Waals surface area contributed by atoms with Gasteiger partial charge >= 0.3 is 0 Å². The van der Waals surface area contributed by atoms with Crippen LogP contribution in [0.5, 0.6) is 0 Å². The molecule has 0 aliphatic rings. The van der Waals surface area contributed by atoms with Crippen molar-refractivity contribution < 1.29 is 4.90 Å². The fourth-order valence-electron chi connectivity index (χ4n) is 0. The van der Waals surface area contributed by atoms with Gasteiger partial charge in [-0.3, -0.25) is 0 Å². The summed E-state index contributed by atoms with van der Waals surface area (Å²) >= 11 is 0. The SMILES string of the molecule is [CH]=[N+]([O-])[O-]. The molecule has 0 aromatic rings. The van der Waals surface area contributed by atoms with E-state index >= 15 is 0 Å². The highest BCUT2D eigenvalue weighted by atomic mass is 16.8. The molecule has 0 aliphatic carbocycles. The molecule has 3 heteroatoms. The Morgan fingerprint density at radius 2 is 1.50 bits per heavy atom. The van der Waals surface area contributed by atoms with Crippen LogP contribution in [0, 0.1) is 10.4 Å². The van der Waals surface area contributed by atoms with Gasteiger partial charge in [0, 0.05) is 0 Å². The monoisotopic (exact) mass is 59.0 g/mol. The van der Waals surface area contributed by atoms with Crippen LogP contribution in [0.4, 0.5) is 0 Å². The van der Waals surface area contributed by atoms with Crippen LogP contribution in [0.25, 0.3) is 0 Å². The van der Waals surface area contributed by atoms with E-state index in [-0.39, 0.29) is 0 Å². The van der Waals surface area contributed by atoms with Crippen molar-refractivity contribution in [1.82, 2.24) is 0 Å². The Labute approximate surface area is 23.3 Å². The smallest absolute Gasteiger partial charge is 0.252 e. The molecule has 0 N–H and O–H groups in total. The lowest BCUT2D eigenvalue weighted by atomic mass is 11.7. The van der Waals surface area contributed by atoms with Gasteiger partial charge in [-0.1, -0.05) is 0 Å². The zero-order chi connectivity index (χ0) is 3.58. The van der Waals surface area contributed by atoms with Gasteiger partial charge in [-0.25, -0.2) is 0 Å². The molecule has 0 unspecified atom stereocenters. The van der Waals surface area contributed by atoms with Crippen LogP contribution in [0.15, 0.2) is 0 Å². The Balaban J connectivity index is 2.80. The largest absolute Gasteiger partial charge is 0.612 e.